The van der Waals surface area contributed by atoms with Crippen molar-refractivity contribution in [2.45, 2.75) is 40.2 Å². The van der Waals surface area contributed by atoms with E-state index in [9.17, 15) is 14.4 Å². The van der Waals surface area contributed by atoms with Crippen LogP contribution in [0.25, 0.3) is 0 Å². The van der Waals surface area contributed by atoms with Crippen molar-refractivity contribution < 1.29 is 19.1 Å². The van der Waals surface area contributed by atoms with Crippen LogP contribution in [-0.2, 0) is 20.8 Å². The van der Waals surface area contributed by atoms with Crippen LogP contribution in [0.4, 0.5) is 5.69 Å². The second kappa shape index (κ2) is 9.55. The summed E-state index contributed by atoms with van der Waals surface area (Å²) in [6, 6.07) is 12.5. The zero-order chi connectivity index (χ0) is 20.7. The molecular formula is C21H25N3O4. The van der Waals surface area contributed by atoms with Crippen LogP contribution in [0.5, 0.6) is 5.75 Å². The van der Waals surface area contributed by atoms with Gasteiger partial charge in [0.1, 0.15) is 5.75 Å². The first-order valence-electron chi connectivity index (χ1n) is 8.94. The lowest BCUT2D eigenvalue weighted by Crippen LogP contribution is -2.47. The van der Waals surface area contributed by atoms with E-state index < -0.39 is 12.0 Å². The fourth-order valence-corrected chi connectivity index (χ4v) is 2.47. The Morgan fingerprint density at radius 1 is 1.00 bits per heavy atom. The Labute approximate surface area is 164 Å². The number of aryl methyl sites for hydroxylation is 1. The molecule has 1 atom stereocenters. The molecule has 0 aliphatic rings. The second-order valence-corrected chi connectivity index (χ2v) is 6.55. The predicted molar refractivity (Wildman–Crippen MR) is 107 cm³/mol. The summed E-state index contributed by atoms with van der Waals surface area (Å²) in [6.07, 6.45) is -0.676. The van der Waals surface area contributed by atoms with Gasteiger partial charge in [-0.15, -0.1) is 0 Å². The van der Waals surface area contributed by atoms with E-state index in [4.69, 9.17) is 4.74 Å². The minimum absolute atomic E-state index is 0.0901. The third-order valence-corrected chi connectivity index (χ3v) is 4.19. The molecule has 2 aromatic carbocycles. The molecule has 0 spiro atoms. The summed E-state index contributed by atoms with van der Waals surface area (Å²) < 4.78 is 5.69. The lowest BCUT2D eigenvalue weighted by atomic mass is 10.1. The minimum Gasteiger partial charge on any atom is -0.481 e. The molecule has 2 aromatic rings. The van der Waals surface area contributed by atoms with E-state index in [0.717, 1.165) is 16.7 Å². The van der Waals surface area contributed by atoms with Crippen molar-refractivity contribution in [3.63, 3.8) is 0 Å². The van der Waals surface area contributed by atoms with Crippen LogP contribution in [0.15, 0.2) is 42.5 Å². The van der Waals surface area contributed by atoms with Crippen LogP contribution in [-0.4, -0.2) is 23.8 Å². The fourth-order valence-electron chi connectivity index (χ4n) is 2.47. The van der Waals surface area contributed by atoms with E-state index in [0.29, 0.717) is 11.4 Å². The van der Waals surface area contributed by atoms with E-state index in [-0.39, 0.29) is 18.2 Å². The fraction of sp³-hybridized carbons (Fsp3) is 0.286. The lowest BCUT2D eigenvalue weighted by Gasteiger charge is -2.17. The predicted octanol–water partition coefficient (Wildman–Crippen LogP) is 2.42. The molecule has 7 heteroatoms. The number of ether oxygens (including phenoxy) is 1. The molecule has 0 unspecified atom stereocenters. The van der Waals surface area contributed by atoms with E-state index in [1.165, 1.54) is 6.92 Å². The van der Waals surface area contributed by atoms with Crippen molar-refractivity contribution in [1.82, 2.24) is 10.9 Å². The van der Waals surface area contributed by atoms with Crippen LogP contribution in [0.2, 0.25) is 0 Å². The Hall–Kier alpha value is -3.35. The molecule has 0 saturated heterocycles. The normalized spacial score (nSPS) is 11.3. The number of amides is 3. The molecule has 0 aliphatic carbocycles. The van der Waals surface area contributed by atoms with Gasteiger partial charge >= 0.3 is 0 Å². The molecule has 0 bridgehead atoms. The third-order valence-electron chi connectivity index (χ3n) is 4.19. The highest BCUT2D eigenvalue weighted by molar-refractivity contribution is 5.89. The number of hydrogen-bond donors (Lipinski definition) is 3. The molecule has 7 nitrogen and oxygen atoms in total. The molecule has 3 N–H and O–H groups in total. The topological polar surface area (TPSA) is 96.5 Å². The van der Waals surface area contributed by atoms with E-state index >= 15 is 0 Å². The van der Waals surface area contributed by atoms with Crippen LogP contribution >= 0.6 is 0 Å². The lowest BCUT2D eigenvalue weighted by molar-refractivity contribution is -0.132. The largest absolute Gasteiger partial charge is 0.481 e. The Morgan fingerprint density at radius 3 is 2.32 bits per heavy atom. The van der Waals surface area contributed by atoms with Crippen LogP contribution in [0.3, 0.4) is 0 Å². The maximum atomic E-state index is 12.2. The van der Waals surface area contributed by atoms with Crippen LogP contribution in [0.1, 0.15) is 30.5 Å². The van der Waals surface area contributed by atoms with Gasteiger partial charge in [-0.1, -0.05) is 24.3 Å². The molecule has 0 fully saturated rings. The average molecular weight is 383 g/mol. The molecule has 0 aliphatic heterocycles. The molecule has 0 aromatic heterocycles. The summed E-state index contributed by atoms with van der Waals surface area (Å²) in [5, 5.41) is 2.65. The van der Waals surface area contributed by atoms with Gasteiger partial charge in [-0.3, -0.25) is 25.2 Å². The number of hydrazine groups is 1. The zero-order valence-electron chi connectivity index (χ0n) is 16.5. The molecule has 0 heterocycles. The first-order valence-corrected chi connectivity index (χ1v) is 8.94. The Balaban J connectivity index is 1.82. The highest BCUT2D eigenvalue weighted by Crippen LogP contribution is 2.21. The summed E-state index contributed by atoms with van der Waals surface area (Å²) >= 11 is 0. The van der Waals surface area contributed by atoms with Crippen molar-refractivity contribution >= 4 is 23.4 Å². The van der Waals surface area contributed by atoms with Gasteiger partial charge in [0.2, 0.25) is 11.8 Å². The second-order valence-electron chi connectivity index (χ2n) is 6.55. The van der Waals surface area contributed by atoms with Crippen molar-refractivity contribution in [1.29, 1.82) is 0 Å². The van der Waals surface area contributed by atoms with Crippen LogP contribution in [0, 0.1) is 13.8 Å². The molecule has 0 saturated carbocycles. The Morgan fingerprint density at radius 2 is 1.68 bits per heavy atom. The molecular weight excluding hydrogens is 358 g/mol. The van der Waals surface area contributed by atoms with E-state index in [1.54, 1.807) is 37.3 Å². The van der Waals surface area contributed by atoms with Gasteiger partial charge in [-0.2, -0.15) is 0 Å². The Bertz CT molecular complexity index is 862. The van der Waals surface area contributed by atoms with Crippen molar-refractivity contribution in [2.24, 2.45) is 0 Å². The quantitative estimate of drug-likeness (QED) is 0.668. The molecule has 3 amide bonds. The molecule has 2 rings (SSSR count). The van der Waals surface area contributed by atoms with E-state index in [1.807, 2.05) is 26.0 Å². The summed E-state index contributed by atoms with van der Waals surface area (Å²) in [5.74, 6) is -0.339. The summed E-state index contributed by atoms with van der Waals surface area (Å²) in [7, 11) is 0. The van der Waals surface area contributed by atoms with Crippen molar-refractivity contribution in [2.75, 3.05) is 5.32 Å². The highest BCUT2D eigenvalue weighted by atomic mass is 16.5. The van der Waals surface area contributed by atoms with Crippen LogP contribution < -0.4 is 20.9 Å². The smallest absolute Gasteiger partial charge is 0.279 e. The maximum absolute atomic E-state index is 12.2. The van der Waals surface area contributed by atoms with Gasteiger partial charge < -0.3 is 10.1 Å². The minimum atomic E-state index is -0.766. The highest BCUT2D eigenvalue weighted by Gasteiger charge is 2.16. The SMILES string of the molecule is CC(=O)Nc1ccc(CC(=O)NNC(=O)[C@H](C)Oc2cccc(C)c2C)cc1. The van der Waals surface area contributed by atoms with Crippen molar-refractivity contribution in [3.05, 3.63) is 59.2 Å². The standard InChI is InChI=1S/C21H25N3O4/c1-13-6-5-7-19(14(13)2)28-15(3)21(27)24-23-20(26)12-17-8-10-18(11-9-17)22-16(4)25/h5-11,15H,12H2,1-4H3,(H,22,25)(H,23,26)(H,24,27)/t15-/m0/s1. The summed E-state index contributed by atoms with van der Waals surface area (Å²) in [5.41, 5.74) is 8.20. The monoisotopic (exact) mass is 383 g/mol. The first kappa shape index (κ1) is 21.0. The number of hydrogen-bond acceptors (Lipinski definition) is 4. The molecule has 148 valence electrons. The van der Waals surface area contributed by atoms with Crippen molar-refractivity contribution in [3.8, 4) is 5.75 Å². The zero-order valence-corrected chi connectivity index (χ0v) is 16.5. The van der Waals surface area contributed by atoms with Gasteiger partial charge in [-0.25, -0.2) is 0 Å². The Kier molecular flexibility index (Phi) is 7.14. The third kappa shape index (κ3) is 6.12. The summed E-state index contributed by atoms with van der Waals surface area (Å²) in [6.45, 7) is 6.93. The van der Waals surface area contributed by atoms with E-state index in [2.05, 4.69) is 16.2 Å². The van der Waals surface area contributed by atoms with Gasteiger partial charge in [-0.05, 0) is 55.7 Å². The number of rotatable bonds is 6. The van der Waals surface area contributed by atoms with Gasteiger partial charge in [0, 0.05) is 12.6 Å². The number of benzene rings is 2. The summed E-state index contributed by atoms with van der Waals surface area (Å²) in [4.78, 5) is 35.2. The number of carbonyl (C=O) groups is 3. The maximum Gasteiger partial charge on any atom is 0.279 e. The first-order chi connectivity index (χ1) is 13.3. The van der Waals surface area contributed by atoms with Gasteiger partial charge in [0.05, 0.1) is 6.42 Å². The number of nitrogens with one attached hydrogen (secondary N) is 3. The van der Waals surface area contributed by atoms with Gasteiger partial charge in [0.15, 0.2) is 6.10 Å². The number of anilines is 1. The van der Waals surface area contributed by atoms with Gasteiger partial charge in [0.25, 0.3) is 5.91 Å². The molecule has 28 heavy (non-hydrogen) atoms. The number of carbonyl (C=O) groups excluding carboxylic acids is 3. The average Bonchev–Trinajstić information content (AvgIpc) is 2.64. The molecule has 0 radical (unpaired) electrons.